The first-order valence-corrected chi connectivity index (χ1v) is 3.57. The molecule has 2 heteroatoms. The molecule has 11 heavy (non-hydrogen) atoms. The van der Waals surface area contributed by atoms with Crippen LogP contribution < -0.4 is 0 Å². The van der Waals surface area contributed by atoms with Crippen LogP contribution in [0.25, 0.3) is 0 Å². The average Bonchev–Trinajstić information content (AvgIpc) is 1.94. The van der Waals surface area contributed by atoms with Crippen LogP contribution in [0.15, 0.2) is 23.5 Å². The molecule has 0 atom stereocenters. The maximum atomic E-state index is 9.17. The van der Waals surface area contributed by atoms with Gasteiger partial charge in [0.25, 0.3) is 0 Å². The molecular weight excluding hydrogens is 138 g/mol. The minimum Gasteiger partial charge on any atom is -0.507 e. The van der Waals surface area contributed by atoms with Crippen LogP contribution in [0.5, 0.6) is 0 Å². The number of rotatable bonds is 0. The maximum Gasteiger partial charge on any atom is 0.128 e. The van der Waals surface area contributed by atoms with Gasteiger partial charge in [-0.3, -0.25) is 0 Å². The van der Waals surface area contributed by atoms with E-state index in [0.717, 1.165) is 0 Å². The maximum absolute atomic E-state index is 9.17. The van der Waals surface area contributed by atoms with Gasteiger partial charge < -0.3 is 5.11 Å². The Balaban J connectivity index is 2.95. The SMILES string of the molecule is CC1(C)C=CC(O)=C(C#N)C1. The van der Waals surface area contributed by atoms with E-state index in [1.165, 1.54) is 0 Å². The van der Waals surface area contributed by atoms with Crippen molar-refractivity contribution in [3.05, 3.63) is 23.5 Å². The summed E-state index contributed by atoms with van der Waals surface area (Å²) in [4.78, 5) is 0. The Morgan fingerprint density at radius 2 is 2.27 bits per heavy atom. The van der Waals surface area contributed by atoms with E-state index in [2.05, 4.69) is 0 Å². The Bertz CT molecular complexity index is 266. The molecule has 0 saturated heterocycles. The van der Waals surface area contributed by atoms with E-state index < -0.39 is 0 Å². The molecule has 0 fully saturated rings. The summed E-state index contributed by atoms with van der Waals surface area (Å²) in [7, 11) is 0. The number of allylic oxidation sites excluding steroid dienone is 3. The highest BCUT2D eigenvalue weighted by molar-refractivity contribution is 5.35. The summed E-state index contributed by atoms with van der Waals surface area (Å²) in [6.07, 6.45) is 4.15. The average molecular weight is 149 g/mol. The Morgan fingerprint density at radius 3 is 2.73 bits per heavy atom. The molecule has 0 saturated carbocycles. The third-order valence-electron chi connectivity index (χ3n) is 1.77. The predicted octanol–water partition coefficient (Wildman–Crippen LogP) is 2.31. The van der Waals surface area contributed by atoms with Gasteiger partial charge in [-0.05, 0) is 17.9 Å². The summed E-state index contributed by atoms with van der Waals surface area (Å²) in [6.45, 7) is 4.07. The molecule has 58 valence electrons. The summed E-state index contributed by atoms with van der Waals surface area (Å²) in [5, 5.41) is 17.8. The quantitative estimate of drug-likeness (QED) is 0.574. The van der Waals surface area contributed by atoms with Gasteiger partial charge in [0.05, 0.1) is 11.6 Å². The largest absolute Gasteiger partial charge is 0.507 e. The van der Waals surface area contributed by atoms with Gasteiger partial charge in [0, 0.05) is 0 Å². The van der Waals surface area contributed by atoms with E-state index >= 15 is 0 Å². The zero-order valence-electron chi connectivity index (χ0n) is 6.76. The van der Waals surface area contributed by atoms with Gasteiger partial charge in [0.2, 0.25) is 0 Å². The molecule has 0 heterocycles. The monoisotopic (exact) mass is 149 g/mol. The third kappa shape index (κ3) is 1.62. The molecule has 1 aliphatic rings. The first-order chi connectivity index (χ1) is 5.05. The fourth-order valence-corrected chi connectivity index (χ4v) is 1.11. The Morgan fingerprint density at radius 1 is 1.64 bits per heavy atom. The molecule has 1 rings (SSSR count). The van der Waals surface area contributed by atoms with Gasteiger partial charge in [-0.15, -0.1) is 0 Å². The molecule has 0 aromatic rings. The molecule has 0 unspecified atom stereocenters. The molecular formula is C9H11NO. The van der Waals surface area contributed by atoms with Crippen LogP contribution in [-0.4, -0.2) is 5.11 Å². The molecule has 0 bridgehead atoms. The summed E-state index contributed by atoms with van der Waals surface area (Å²) in [5.74, 6) is 0.117. The van der Waals surface area contributed by atoms with Crippen molar-refractivity contribution < 1.29 is 5.11 Å². The van der Waals surface area contributed by atoms with Crippen molar-refractivity contribution >= 4 is 0 Å². The second kappa shape index (κ2) is 2.43. The van der Waals surface area contributed by atoms with E-state index in [9.17, 15) is 5.11 Å². The van der Waals surface area contributed by atoms with Crippen molar-refractivity contribution in [2.75, 3.05) is 0 Å². The van der Waals surface area contributed by atoms with Gasteiger partial charge in [0.1, 0.15) is 5.76 Å². The van der Waals surface area contributed by atoms with Crippen LogP contribution in [0.2, 0.25) is 0 Å². The highest BCUT2D eigenvalue weighted by Crippen LogP contribution is 2.31. The van der Waals surface area contributed by atoms with E-state index in [-0.39, 0.29) is 11.2 Å². The van der Waals surface area contributed by atoms with E-state index in [1.54, 1.807) is 6.08 Å². The topological polar surface area (TPSA) is 44.0 Å². The normalized spacial score (nSPS) is 21.5. The molecule has 0 aliphatic heterocycles. The van der Waals surface area contributed by atoms with Crippen LogP contribution in [0, 0.1) is 16.7 Å². The molecule has 0 spiro atoms. The summed E-state index contributed by atoms with van der Waals surface area (Å²) < 4.78 is 0. The first kappa shape index (κ1) is 7.87. The Labute approximate surface area is 66.5 Å². The zero-order chi connectivity index (χ0) is 8.48. The van der Waals surface area contributed by atoms with Crippen molar-refractivity contribution in [2.45, 2.75) is 20.3 Å². The Hall–Kier alpha value is -1.23. The van der Waals surface area contributed by atoms with Crippen molar-refractivity contribution in [1.82, 2.24) is 0 Å². The lowest BCUT2D eigenvalue weighted by Gasteiger charge is -2.22. The summed E-state index contributed by atoms with van der Waals surface area (Å²) >= 11 is 0. The number of nitrogens with zero attached hydrogens (tertiary/aromatic N) is 1. The lowest BCUT2D eigenvalue weighted by molar-refractivity contribution is 0.392. The van der Waals surface area contributed by atoms with Gasteiger partial charge in [-0.2, -0.15) is 5.26 Å². The van der Waals surface area contributed by atoms with Crippen LogP contribution in [0.4, 0.5) is 0 Å². The lowest BCUT2D eigenvalue weighted by Crippen LogP contribution is -2.12. The number of hydrogen-bond donors (Lipinski definition) is 1. The second-order valence-corrected chi connectivity index (χ2v) is 3.47. The number of hydrogen-bond acceptors (Lipinski definition) is 2. The standard InChI is InChI=1S/C9H11NO/c1-9(2)4-3-8(11)7(5-9)6-10/h3-4,11H,5H2,1-2H3. The summed E-state index contributed by atoms with van der Waals surface area (Å²) in [5.41, 5.74) is 0.495. The molecule has 1 aliphatic carbocycles. The van der Waals surface area contributed by atoms with Crippen LogP contribution in [-0.2, 0) is 0 Å². The van der Waals surface area contributed by atoms with Crippen LogP contribution in [0.3, 0.4) is 0 Å². The van der Waals surface area contributed by atoms with Crippen LogP contribution in [0.1, 0.15) is 20.3 Å². The van der Waals surface area contributed by atoms with Gasteiger partial charge in [0.15, 0.2) is 0 Å². The molecule has 0 amide bonds. The van der Waals surface area contributed by atoms with Crippen molar-refractivity contribution in [3.63, 3.8) is 0 Å². The highest BCUT2D eigenvalue weighted by atomic mass is 16.3. The van der Waals surface area contributed by atoms with Crippen molar-refractivity contribution in [3.8, 4) is 6.07 Å². The number of aliphatic hydroxyl groups is 1. The van der Waals surface area contributed by atoms with Crippen LogP contribution >= 0.6 is 0 Å². The molecule has 2 nitrogen and oxygen atoms in total. The fraction of sp³-hybridized carbons (Fsp3) is 0.444. The minimum absolute atomic E-state index is 0.0112. The third-order valence-corrected chi connectivity index (χ3v) is 1.77. The van der Waals surface area contributed by atoms with Gasteiger partial charge >= 0.3 is 0 Å². The first-order valence-electron chi connectivity index (χ1n) is 3.57. The van der Waals surface area contributed by atoms with E-state index in [0.29, 0.717) is 12.0 Å². The number of aliphatic hydroxyl groups excluding tert-OH is 1. The molecule has 0 aromatic heterocycles. The molecule has 1 N–H and O–H groups in total. The minimum atomic E-state index is 0.0112. The van der Waals surface area contributed by atoms with Gasteiger partial charge in [-0.25, -0.2) is 0 Å². The molecule has 0 aromatic carbocycles. The van der Waals surface area contributed by atoms with E-state index in [4.69, 9.17) is 5.26 Å². The lowest BCUT2D eigenvalue weighted by atomic mass is 9.82. The highest BCUT2D eigenvalue weighted by Gasteiger charge is 2.21. The fourth-order valence-electron chi connectivity index (χ4n) is 1.11. The molecule has 0 radical (unpaired) electrons. The van der Waals surface area contributed by atoms with Crippen molar-refractivity contribution in [1.29, 1.82) is 5.26 Å². The van der Waals surface area contributed by atoms with E-state index in [1.807, 2.05) is 26.0 Å². The smallest absolute Gasteiger partial charge is 0.128 e. The predicted molar refractivity (Wildman–Crippen MR) is 42.8 cm³/mol. The van der Waals surface area contributed by atoms with Crippen molar-refractivity contribution in [2.24, 2.45) is 5.41 Å². The summed E-state index contributed by atoms with van der Waals surface area (Å²) in [6, 6.07) is 1.99. The second-order valence-electron chi connectivity index (χ2n) is 3.47. The Kier molecular flexibility index (Phi) is 1.74. The number of nitriles is 1. The zero-order valence-corrected chi connectivity index (χ0v) is 6.76. The van der Waals surface area contributed by atoms with Gasteiger partial charge in [-0.1, -0.05) is 19.9 Å².